The highest BCUT2D eigenvalue weighted by Crippen LogP contribution is 2.40. The number of hydrogen-bond acceptors (Lipinski definition) is 5. The Balaban J connectivity index is 1.35. The quantitative estimate of drug-likeness (QED) is 0.377. The second-order valence-electron chi connectivity index (χ2n) is 9.18. The summed E-state index contributed by atoms with van der Waals surface area (Å²) >= 11 is 0. The lowest BCUT2D eigenvalue weighted by Crippen LogP contribution is -3.06. The van der Waals surface area contributed by atoms with E-state index in [4.69, 9.17) is 19.4 Å². The van der Waals surface area contributed by atoms with Crippen molar-refractivity contribution in [3.63, 3.8) is 0 Å². The third-order valence-corrected chi connectivity index (χ3v) is 6.63. The number of rotatable bonds is 11. The summed E-state index contributed by atoms with van der Waals surface area (Å²) in [5.41, 5.74) is 5.84. The Bertz CT molecular complexity index is 1020. The van der Waals surface area contributed by atoms with Crippen LogP contribution in [-0.4, -0.2) is 31.1 Å². The van der Waals surface area contributed by atoms with E-state index >= 15 is 0 Å². The molecule has 0 aromatic heterocycles. The number of benzene rings is 2. The predicted octanol–water partition coefficient (Wildman–Crippen LogP) is 4.52. The SMILES string of the molecule is CCOCCOc1cc(C)c(-c2cccc(COC3=CCC(C4C[C@H]4[NH+]([O-])O)C=C3)c2)c(C)c1. The molecule has 6 nitrogen and oxygen atoms in total. The Morgan fingerprint density at radius 1 is 1.09 bits per heavy atom. The van der Waals surface area contributed by atoms with E-state index < -0.39 is 5.23 Å². The van der Waals surface area contributed by atoms with Crippen molar-refractivity contribution in [2.75, 3.05) is 19.8 Å². The van der Waals surface area contributed by atoms with Crippen molar-refractivity contribution in [1.82, 2.24) is 0 Å². The van der Waals surface area contributed by atoms with Crippen LogP contribution in [0, 0.1) is 30.9 Å². The molecule has 0 amide bonds. The number of aryl methyl sites for hydroxylation is 2. The van der Waals surface area contributed by atoms with Gasteiger partial charge < -0.3 is 19.4 Å². The third kappa shape index (κ3) is 6.07. The Morgan fingerprint density at radius 3 is 2.53 bits per heavy atom. The molecule has 2 aromatic carbocycles. The fourth-order valence-corrected chi connectivity index (χ4v) is 4.82. The molecule has 0 bridgehead atoms. The summed E-state index contributed by atoms with van der Waals surface area (Å²) in [6, 6.07) is 12.5. The van der Waals surface area contributed by atoms with Crippen LogP contribution in [-0.2, 0) is 16.1 Å². The molecule has 182 valence electrons. The maximum absolute atomic E-state index is 11.1. The van der Waals surface area contributed by atoms with E-state index in [2.05, 4.69) is 62.4 Å². The molecule has 3 unspecified atom stereocenters. The molecule has 2 aliphatic carbocycles. The fourth-order valence-electron chi connectivity index (χ4n) is 4.82. The zero-order valence-corrected chi connectivity index (χ0v) is 20.3. The van der Waals surface area contributed by atoms with Crippen LogP contribution in [0.1, 0.15) is 36.5 Å². The van der Waals surface area contributed by atoms with Gasteiger partial charge in [-0.05, 0) is 91.3 Å². The van der Waals surface area contributed by atoms with Crippen molar-refractivity contribution in [2.24, 2.45) is 11.8 Å². The number of ether oxygens (including phenoxy) is 3. The average molecular weight is 466 g/mol. The van der Waals surface area contributed by atoms with Gasteiger partial charge in [0.05, 0.1) is 6.61 Å². The van der Waals surface area contributed by atoms with Gasteiger partial charge in [-0.25, -0.2) is 10.4 Å². The van der Waals surface area contributed by atoms with Crippen molar-refractivity contribution < 1.29 is 24.6 Å². The highest BCUT2D eigenvalue weighted by Gasteiger charge is 2.47. The first-order valence-corrected chi connectivity index (χ1v) is 12.1. The molecule has 34 heavy (non-hydrogen) atoms. The number of hydroxylamine groups is 2. The molecule has 4 rings (SSSR count). The van der Waals surface area contributed by atoms with Crippen LogP contribution in [0.25, 0.3) is 11.1 Å². The second kappa shape index (κ2) is 11.2. The summed E-state index contributed by atoms with van der Waals surface area (Å²) in [7, 11) is 0. The van der Waals surface area contributed by atoms with Crippen LogP contribution in [0.4, 0.5) is 0 Å². The number of quaternary nitrogens is 1. The Morgan fingerprint density at radius 2 is 1.88 bits per heavy atom. The standard InChI is InChI=1S/C28H35NO5/c1-4-32-12-13-33-25-14-19(2)28(20(3)15-25)23-7-5-6-21(16-23)18-34-24-10-8-22(9-11-24)26-17-27(26)29(30)31/h5-8,10-11,14-16,22,26-27,29-30H,4,9,12-13,17-18H2,1-3H3/t22?,26?,27-/m1/s1. The number of allylic oxidation sites excluding steroid dienone is 3. The molecule has 1 saturated carbocycles. The van der Waals surface area contributed by atoms with Crippen LogP contribution in [0.2, 0.25) is 0 Å². The summed E-state index contributed by atoms with van der Waals surface area (Å²) in [6.07, 6.45) is 7.83. The van der Waals surface area contributed by atoms with Crippen LogP contribution in [0.3, 0.4) is 0 Å². The van der Waals surface area contributed by atoms with Gasteiger partial charge in [0.2, 0.25) is 0 Å². The summed E-state index contributed by atoms with van der Waals surface area (Å²) in [6.45, 7) is 8.54. The maximum Gasteiger partial charge on any atom is 0.121 e. The highest BCUT2D eigenvalue weighted by molar-refractivity contribution is 5.72. The van der Waals surface area contributed by atoms with Gasteiger partial charge in [0, 0.05) is 18.9 Å². The third-order valence-electron chi connectivity index (χ3n) is 6.63. The summed E-state index contributed by atoms with van der Waals surface area (Å²) < 4.78 is 17.3. The first kappa shape index (κ1) is 24.5. The van der Waals surface area contributed by atoms with Gasteiger partial charge in [-0.15, -0.1) is 0 Å². The lowest BCUT2D eigenvalue weighted by atomic mass is 9.94. The molecule has 4 atom stereocenters. The molecule has 1 fully saturated rings. The zero-order chi connectivity index (χ0) is 24.1. The van der Waals surface area contributed by atoms with E-state index in [1.165, 1.54) is 22.3 Å². The van der Waals surface area contributed by atoms with E-state index in [0.717, 1.165) is 29.9 Å². The Hall–Kier alpha value is -2.64. The normalized spacial score (nSPS) is 22.3. The maximum atomic E-state index is 11.1. The molecule has 0 heterocycles. The second-order valence-corrected chi connectivity index (χ2v) is 9.18. The van der Waals surface area contributed by atoms with Crippen molar-refractivity contribution >= 4 is 0 Å². The largest absolute Gasteiger partial charge is 0.600 e. The first-order chi connectivity index (χ1) is 16.5. The fraction of sp³-hybridized carbons (Fsp3) is 0.429. The van der Waals surface area contributed by atoms with Gasteiger partial charge in [-0.1, -0.05) is 24.3 Å². The predicted molar refractivity (Wildman–Crippen MR) is 131 cm³/mol. The van der Waals surface area contributed by atoms with Crippen molar-refractivity contribution in [1.29, 1.82) is 0 Å². The van der Waals surface area contributed by atoms with E-state index in [1.54, 1.807) is 0 Å². The lowest BCUT2D eigenvalue weighted by Gasteiger charge is -2.18. The molecule has 2 aliphatic rings. The number of hydrogen-bond donors (Lipinski definition) is 2. The lowest BCUT2D eigenvalue weighted by molar-refractivity contribution is -1.06. The molecule has 2 N–H and O–H groups in total. The molecular formula is C28H35NO5. The van der Waals surface area contributed by atoms with E-state index in [-0.39, 0.29) is 12.0 Å². The van der Waals surface area contributed by atoms with E-state index in [9.17, 15) is 5.21 Å². The molecule has 0 saturated heterocycles. The highest BCUT2D eigenvalue weighted by atomic mass is 16.8. The van der Waals surface area contributed by atoms with Crippen LogP contribution < -0.4 is 9.96 Å². The van der Waals surface area contributed by atoms with Gasteiger partial charge in [-0.3, -0.25) is 0 Å². The van der Waals surface area contributed by atoms with Crippen molar-refractivity contribution in [3.05, 3.63) is 82.3 Å². The molecule has 0 radical (unpaired) electrons. The van der Waals surface area contributed by atoms with Gasteiger partial charge >= 0.3 is 0 Å². The molecule has 0 spiro atoms. The Labute approximate surface area is 202 Å². The summed E-state index contributed by atoms with van der Waals surface area (Å²) in [5.74, 6) is 2.31. The van der Waals surface area contributed by atoms with Gasteiger partial charge in [0.15, 0.2) is 0 Å². The minimum Gasteiger partial charge on any atom is -0.600 e. The molecule has 2 aromatic rings. The van der Waals surface area contributed by atoms with Gasteiger partial charge in [-0.2, -0.15) is 0 Å². The van der Waals surface area contributed by atoms with Crippen LogP contribution >= 0.6 is 0 Å². The molecular weight excluding hydrogens is 430 g/mol. The minimum atomic E-state index is -0.668. The smallest absolute Gasteiger partial charge is 0.121 e. The van der Waals surface area contributed by atoms with Crippen molar-refractivity contribution in [3.8, 4) is 16.9 Å². The zero-order valence-electron chi connectivity index (χ0n) is 20.3. The Kier molecular flexibility index (Phi) is 8.06. The van der Waals surface area contributed by atoms with Crippen LogP contribution in [0.5, 0.6) is 5.75 Å². The minimum absolute atomic E-state index is 0.170. The topological polar surface area (TPSA) is 75.4 Å². The molecule has 0 aliphatic heterocycles. The summed E-state index contributed by atoms with van der Waals surface area (Å²) in [4.78, 5) is 0. The van der Waals surface area contributed by atoms with Gasteiger partial charge in [0.1, 0.15) is 30.8 Å². The van der Waals surface area contributed by atoms with E-state index in [1.807, 2.05) is 13.0 Å². The average Bonchev–Trinajstić information content (AvgIpc) is 3.62. The summed E-state index contributed by atoms with van der Waals surface area (Å²) in [5, 5.41) is 19.6. The first-order valence-electron chi connectivity index (χ1n) is 12.1. The monoisotopic (exact) mass is 465 g/mol. The van der Waals surface area contributed by atoms with Crippen LogP contribution in [0.15, 0.2) is 60.4 Å². The number of nitrogens with one attached hydrogen (secondary N) is 1. The molecule has 6 heteroatoms. The van der Waals surface area contributed by atoms with Gasteiger partial charge in [0.25, 0.3) is 0 Å². The van der Waals surface area contributed by atoms with E-state index in [0.29, 0.717) is 32.3 Å². The van der Waals surface area contributed by atoms with Crippen molar-refractivity contribution in [2.45, 2.75) is 46.3 Å².